The van der Waals surface area contributed by atoms with Gasteiger partial charge in [0.2, 0.25) is 0 Å². The molecule has 0 aromatic carbocycles. The third-order valence-electron chi connectivity index (χ3n) is 2.86. The fourth-order valence-electron chi connectivity index (χ4n) is 1.35. The van der Waals surface area contributed by atoms with Crippen molar-refractivity contribution < 1.29 is 0 Å². The largest absolute Gasteiger partial charge is 0.200 e. The third-order valence-corrected chi connectivity index (χ3v) is 2.86. The Bertz CT molecular complexity index is 444. The first-order valence-electron chi connectivity index (χ1n) is 4.82. The predicted octanol–water partition coefficient (Wildman–Crippen LogP) is 1.81. The monoisotopic (exact) mass is 190 g/mol. The second kappa shape index (κ2) is 3.04. The Kier molecular flexibility index (Phi) is 1.98. The predicted molar refractivity (Wildman–Crippen MR) is 54.1 cm³/mol. The van der Waals surface area contributed by atoms with E-state index in [9.17, 15) is 0 Å². The Morgan fingerprint density at radius 3 is 2.86 bits per heavy atom. The number of pyridine rings is 1. The SMILES string of the molecule is CCC(C)(C)c1ccc2nnnn2c1. The standard InChI is InChI=1S/C10H14N4/c1-4-10(2,3)8-5-6-9-11-12-13-14(9)7-8/h5-7H,4H2,1-3H3. The summed E-state index contributed by atoms with van der Waals surface area (Å²) in [5.41, 5.74) is 2.24. The number of hydrogen-bond donors (Lipinski definition) is 0. The molecule has 2 aromatic heterocycles. The summed E-state index contributed by atoms with van der Waals surface area (Å²) in [6.07, 6.45) is 3.10. The summed E-state index contributed by atoms with van der Waals surface area (Å²) in [6.45, 7) is 6.63. The molecule has 14 heavy (non-hydrogen) atoms. The van der Waals surface area contributed by atoms with Gasteiger partial charge in [0.05, 0.1) is 0 Å². The second-order valence-electron chi connectivity index (χ2n) is 4.14. The van der Waals surface area contributed by atoms with Crippen LogP contribution in [0.5, 0.6) is 0 Å². The van der Waals surface area contributed by atoms with Gasteiger partial charge in [0.25, 0.3) is 0 Å². The van der Waals surface area contributed by atoms with Crippen molar-refractivity contribution in [2.75, 3.05) is 0 Å². The van der Waals surface area contributed by atoms with Crippen LogP contribution in [0.2, 0.25) is 0 Å². The zero-order chi connectivity index (χ0) is 10.2. The molecule has 0 spiro atoms. The van der Waals surface area contributed by atoms with Crippen molar-refractivity contribution in [3.8, 4) is 0 Å². The van der Waals surface area contributed by atoms with Crippen molar-refractivity contribution in [3.63, 3.8) is 0 Å². The van der Waals surface area contributed by atoms with Crippen LogP contribution in [0.4, 0.5) is 0 Å². The molecule has 0 radical (unpaired) electrons. The molecule has 0 aliphatic heterocycles. The van der Waals surface area contributed by atoms with Crippen molar-refractivity contribution in [3.05, 3.63) is 23.9 Å². The van der Waals surface area contributed by atoms with Gasteiger partial charge in [0.15, 0.2) is 5.65 Å². The highest BCUT2D eigenvalue weighted by atomic mass is 15.5. The molecular formula is C10H14N4. The third kappa shape index (κ3) is 1.36. The normalized spacial score (nSPS) is 12.2. The zero-order valence-electron chi connectivity index (χ0n) is 8.73. The van der Waals surface area contributed by atoms with Crippen molar-refractivity contribution in [2.45, 2.75) is 32.6 Å². The first kappa shape index (κ1) is 9.12. The summed E-state index contributed by atoms with van der Waals surface area (Å²) >= 11 is 0. The molecule has 4 heteroatoms. The van der Waals surface area contributed by atoms with E-state index in [-0.39, 0.29) is 5.41 Å². The molecule has 0 amide bonds. The molecule has 74 valence electrons. The van der Waals surface area contributed by atoms with E-state index in [1.54, 1.807) is 4.52 Å². The Balaban J connectivity index is 2.53. The van der Waals surface area contributed by atoms with Gasteiger partial charge < -0.3 is 0 Å². The smallest absolute Gasteiger partial charge is 0.179 e. The zero-order valence-corrected chi connectivity index (χ0v) is 8.73. The van der Waals surface area contributed by atoms with Gasteiger partial charge in [-0.05, 0) is 33.9 Å². The highest BCUT2D eigenvalue weighted by molar-refractivity contribution is 5.38. The van der Waals surface area contributed by atoms with Crippen LogP contribution in [0.15, 0.2) is 18.3 Å². The van der Waals surface area contributed by atoms with Crippen LogP contribution < -0.4 is 0 Å². The molecule has 0 atom stereocenters. The highest BCUT2D eigenvalue weighted by Crippen LogP contribution is 2.26. The Labute approximate surface area is 82.9 Å². The lowest BCUT2D eigenvalue weighted by Gasteiger charge is -2.22. The molecular weight excluding hydrogens is 176 g/mol. The van der Waals surface area contributed by atoms with Crippen LogP contribution in [0.1, 0.15) is 32.8 Å². The number of nitrogens with zero attached hydrogens (tertiary/aromatic N) is 4. The highest BCUT2D eigenvalue weighted by Gasteiger charge is 2.18. The van der Waals surface area contributed by atoms with Crippen LogP contribution in [0.25, 0.3) is 5.65 Å². The van der Waals surface area contributed by atoms with E-state index in [0.29, 0.717) is 0 Å². The molecule has 0 aliphatic rings. The number of tetrazole rings is 1. The molecule has 0 unspecified atom stereocenters. The summed E-state index contributed by atoms with van der Waals surface area (Å²) in [5, 5.41) is 11.4. The number of aromatic nitrogens is 4. The molecule has 4 nitrogen and oxygen atoms in total. The van der Waals surface area contributed by atoms with E-state index in [1.165, 1.54) is 5.56 Å². The molecule has 0 aliphatic carbocycles. The Morgan fingerprint density at radius 2 is 2.14 bits per heavy atom. The minimum atomic E-state index is 0.181. The van der Waals surface area contributed by atoms with Gasteiger partial charge in [-0.1, -0.05) is 26.8 Å². The minimum absolute atomic E-state index is 0.181. The molecule has 2 rings (SSSR count). The molecule has 2 aromatic rings. The fraction of sp³-hybridized carbons (Fsp3) is 0.500. The second-order valence-corrected chi connectivity index (χ2v) is 4.14. The van der Waals surface area contributed by atoms with Gasteiger partial charge in [-0.15, -0.1) is 5.10 Å². The van der Waals surface area contributed by atoms with Crippen LogP contribution in [-0.4, -0.2) is 20.0 Å². The maximum absolute atomic E-state index is 3.88. The van der Waals surface area contributed by atoms with Crippen LogP contribution >= 0.6 is 0 Å². The van der Waals surface area contributed by atoms with Gasteiger partial charge in [-0.2, -0.15) is 0 Å². The van der Waals surface area contributed by atoms with Gasteiger partial charge in [0, 0.05) is 6.20 Å². The van der Waals surface area contributed by atoms with Crippen molar-refractivity contribution >= 4 is 5.65 Å². The molecule has 0 N–H and O–H groups in total. The summed E-state index contributed by atoms with van der Waals surface area (Å²) in [7, 11) is 0. The number of fused-ring (bicyclic) bond motifs is 1. The van der Waals surface area contributed by atoms with Gasteiger partial charge in [0.1, 0.15) is 0 Å². The fourth-order valence-corrected chi connectivity index (χ4v) is 1.35. The number of hydrogen-bond acceptors (Lipinski definition) is 3. The van der Waals surface area contributed by atoms with E-state index in [4.69, 9.17) is 0 Å². The van der Waals surface area contributed by atoms with Crippen LogP contribution in [0, 0.1) is 0 Å². The minimum Gasteiger partial charge on any atom is -0.200 e. The lowest BCUT2D eigenvalue weighted by atomic mass is 9.83. The number of rotatable bonds is 2. The first-order valence-corrected chi connectivity index (χ1v) is 4.82. The van der Waals surface area contributed by atoms with Crippen LogP contribution in [0.3, 0.4) is 0 Å². The topological polar surface area (TPSA) is 43.1 Å². The lowest BCUT2D eigenvalue weighted by molar-refractivity contribution is 0.502. The average molecular weight is 190 g/mol. The van der Waals surface area contributed by atoms with E-state index in [1.807, 2.05) is 12.3 Å². The van der Waals surface area contributed by atoms with Crippen molar-refractivity contribution in [1.82, 2.24) is 20.0 Å². The van der Waals surface area contributed by atoms with Crippen molar-refractivity contribution in [1.29, 1.82) is 0 Å². The van der Waals surface area contributed by atoms with Gasteiger partial charge in [-0.3, -0.25) is 0 Å². The van der Waals surface area contributed by atoms with E-state index < -0.39 is 0 Å². The molecule has 0 saturated carbocycles. The quantitative estimate of drug-likeness (QED) is 0.725. The average Bonchev–Trinajstić information content (AvgIpc) is 2.64. The van der Waals surface area contributed by atoms with E-state index in [2.05, 4.69) is 42.4 Å². The summed E-state index contributed by atoms with van der Waals surface area (Å²) in [6, 6.07) is 4.04. The molecule has 0 saturated heterocycles. The maximum Gasteiger partial charge on any atom is 0.179 e. The van der Waals surface area contributed by atoms with Crippen LogP contribution in [-0.2, 0) is 5.41 Å². The first-order chi connectivity index (χ1) is 6.63. The summed E-state index contributed by atoms with van der Waals surface area (Å²) in [5.74, 6) is 0. The van der Waals surface area contributed by atoms with E-state index >= 15 is 0 Å². The molecule has 2 heterocycles. The maximum atomic E-state index is 3.88. The Hall–Kier alpha value is -1.45. The summed E-state index contributed by atoms with van der Waals surface area (Å²) in [4.78, 5) is 0. The molecule has 0 fully saturated rings. The van der Waals surface area contributed by atoms with Gasteiger partial charge >= 0.3 is 0 Å². The Morgan fingerprint density at radius 1 is 1.36 bits per heavy atom. The van der Waals surface area contributed by atoms with Crippen molar-refractivity contribution in [2.24, 2.45) is 0 Å². The lowest BCUT2D eigenvalue weighted by Crippen LogP contribution is -2.16. The van der Waals surface area contributed by atoms with Gasteiger partial charge in [-0.25, -0.2) is 4.52 Å². The van der Waals surface area contributed by atoms with E-state index in [0.717, 1.165) is 12.1 Å². The molecule has 0 bridgehead atoms. The summed E-state index contributed by atoms with van der Waals surface area (Å²) < 4.78 is 1.72.